The van der Waals surface area contributed by atoms with Gasteiger partial charge in [0.15, 0.2) is 5.69 Å². The molecule has 0 aliphatic carbocycles. The Labute approximate surface area is 172 Å². The molecular weight excluding hydrogens is 449 g/mol. The zero-order chi connectivity index (χ0) is 21.2. The summed E-state index contributed by atoms with van der Waals surface area (Å²) < 4.78 is 41.3. The fourth-order valence-corrected chi connectivity index (χ4v) is 2.97. The molecule has 0 atom stereocenters. The van der Waals surface area contributed by atoms with Gasteiger partial charge in [0.1, 0.15) is 5.69 Å². The third-order valence-electron chi connectivity index (χ3n) is 3.93. The molecule has 0 fully saturated rings. The summed E-state index contributed by atoms with van der Waals surface area (Å²) in [5.41, 5.74) is -0.207. The number of nitrogens with one attached hydrogen (secondary N) is 1. The van der Waals surface area contributed by atoms with Gasteiger partial charge >= 0.3 is 6.18 Å². The Balaban J connectivity index is 2.08. The molecule has 0 bridgehead atoms. The summed E-state index contributed by atoms with van der Waals surface area (Å²) in [6, 6.07) is 13.3. The number of rotatable bonds is 4. The van der Waals surface area contributed by atoms with Gasteiger partial charge in [0.2, 0.25) is 0 Å². The highest BCUT2D eigenvalue weighted by Gasteiger charge is 2.36. The fraction of sp³-hybridized carbons (Fsp3) is 0.0500. The Morgan fingerprint density at radius 2 is 2.00 bits per heavy atom. The Hall–Kier alpha value is -3.38. The lowest BCUT2D eigenvalue weighted by Crippen LogP contribution is -2.17. The largest absolute Gasteiger partial charge is 0.435 e. The second kappa shape index (κ2) is 7.93. The van der Waals surface area contributed by atoms with Gasteiger partial charge in [0, 0.05) is 16.2 Å². The van der Waals surface area contributed by atoms with Crippen molar-refractivity contribution < 1.29 is 18.0 Å². The highest BCUT2D eigenvalue weighted by atomic mass is 79.9. The van der Waals surface area contributed by atoms with Crippen LogP contribution >= 0.6 is 15.9 Å². The van der Waals surface area contributed by atoms with Crippen LogP contribution in [0.4, 0.5) is 18.9 Å². The molecule has 1 heterocycles. The molecule has 3 rings (SSSR count). The van der Waals surface area contributed by atoms with E-state index in [2.05, 4.69) is 32.9 Å². The number of hydrogen-bond acceptors (Lipinski definition) is 3. The van der Waals surface area contributed by atoms with Crippen molar-refractivity contribution in [3.63, 3.8) is 0 Å². The van der Waals surface area contributed by atoms with Crippen LogP contribution in [0.25, 0.3) is 11.8 Å². The summed E-state index contributed by atoms with van der Waals surface area (Å²) >= 11 is 3.30. The van der Waals surface area contributed by atoms with E-state index in [1.54, 1.807) is 18.2 Å². The average Bonchev–Trinajstić information content (AvgIpc) is 3.15. The van der Waals surface area contributed by atoms with Gasteiger partial charge in [-0.1, -0.05) is 34.7 Å². The molecule has 1 amide bonds. The van der Waals surface area contributed by atoms with Gasteiger partial charge < -0.3 is 5.32 Å². The first-order chi connectivity index (χ1) is 13.7. The lowest BCUT2D eigenvalue weighted by molar-refractivity contribution is -0.141. The molecule has 1 N–H and O–H groups in total. The van der Waals surface area contributed by atoms with Crippen LogP contribution in [0, 0.1) is 11.3 Å². The zero-order valence-corrected chi connectivity index (χ0v) is 16.3. The highest BCUT2D eigenvalue weighted by molar-refractivity contribution is 9.10. The number of nitrogens with zero attached hydrogens (tertiary/aromatic N) is 3. The number of halogens is 4. The molecular formula is C20H12BrF3N4O. The predicted molar refractivity (Wildman–Crippen MR) is 105 cm³/mol. The number of amides is 1. The molecule has 29 heavy (non-hydrogen) atoms. The van der Waals surface area contributed by atoms with Crippen molar-refractivity contribution in [3.8, 4) is 11.8 Å². The molecule has 0 unspecified atom stereocenters. The number of carbonyl (C=O) groups excluding carboxylic acids is 1. The Morgan fingerprint density at radius 3 is 2.66 bits per heavy atom. The maximum absolute atomic E-state index is 13.2. The molecule has 0 radical (unpaired) electrons. The molecule has 1 aromatic heterocycles. The van der Waals surface area contributed by atoms with Crippen LogP contribution in [0.1, 0.15) is 27.3 Å². The third kappa shape index (κ3) is 4.38. The van der Waals surface area contributed by atoms with E-state index in [0.29, 0.717) is 17.3 Å². The van der Waals surface area contributed by atoms with Crippen LogP contribution in [-0.4, -0.2) is 15.7 Å². The minimum Gasteiger partial charge on any atom is -0.320 e. The van der Waals surface area contributed by atoms with E-state index in [1.165, 1.54) is 30.3 Å². The van der Waals surface area contributed by atoms with Crippen molar-refractivity contribution in [2.75, 3.05) is 5.32 Å². The first kappa shape index (κ1) is 20.4. The molecule has 0 aliphatic rings. The van der Waals surface area contributed by atoms with Gasteiger partial charge in [0.25, 0.3) is 5.91 Å². The van der Waals surface area contributed by atoms with Crippen LogP contribution in [0.2, 0.25) is 0 Å². The molecule has 9 heteroatoms. The normalized spacial score (nSPS) is 11.0. The topological polar surface area (TPSA) is 70.7 Å². The van der Waals surface area contributed by atoms with Crippen LogP contribution in [0.5, 0.6) is 0 Å². The maximum Gasteiger partial charge on any atom is 0.435 e. The second-order valence-electron chi connectivity index (χ2n) is 5.88. The van der Waals surface area contributed by atoms with Crippen molar-refractivity contribution in [1.82, 2.24) is 9.78 Å². The summed E-state index contributed by atoms with van der Waals surface area (Å²) in [6.45, 7) is 3.66. The number of aromatic nitrogens is 2. The molecule has 0 spiro atoms. The average molecular weight is 461 g/mol. The van der Waals surface area contributed by atoms with Crippen molar-refractivity contribution >= 4 is 33.6 Å². The Morgan fingerprint density at radius 1 is 1.24 bits per heavy atom. The monoisotopic (exact) mass is 460 g/mol. The van der Waals surface area contributed by atoms with Crippen LogP contribution in [-0.2, 0) is 6.18 Å². The Kier molecular flexibility index (Phi) is 5.57. The highest BCUT2D eigenvalue weighted by Crippen LogP contribution is 2.30. The van der Waals surface area contributed by atoms with Gasteiger partial charge in [-0.05, 0) is 42.0 Å². The maximum atomic E-state index is 13.2. The summed E-state index contributed by atoms with van der Waals surface area (Å²) in [5.74, 6) is -0.791. The van der Waals surface area contributed by atoms with E-state index < -0.39 is 17.8 Å². The van der Waals surface area contributed by atoms with Crippen molar-refractivity contribution in [3.05, 3.63) is 82.1 Å². The van der Waals surface area contributed by atoms with Crippen molar-refractivity contribution in [2.24, 2.45) is 0 Å². The SMILES string of the molecule is C=Cc1cc(Br)ccc1NC(=O)c1cc(C(F)(F)F)nn1-c1cccc(C#N)c1. The van der Waals surface area contributed by atoms with Crippen LogP contribution in [0.3, 0.4) is 0 Å². The number of anilines is 1. The van der Waals surface area contributed by atoms with Crippen molar-refractivity contribution in [2.45, 2.75) is 6.18 Å². The molecule has 2 aromatic carbocycles. The second-order valence-corrected chi connectivity index (χ2v) is 6.79. The third-order valence-corrected chi connectivity index (χ3v) is 4.43. The van der Waals surface area contributed by atoms with E-state index in [1.807, 2.05) is 6.07 Å². The smallest absolute Gasteiger partial charge is 0.320 e. The minimum atomic E-state index is -4.74. The predicted octanol–water partition coefficient (Wildman–Crippen LogP) is 5.42. The molecule has 0 aliphatic heterocycles. The standard InChI is InChI=1S/C20H12BrF3N4O/c1-2-13-9-14(21)6-7-16(13)26-19(29)17-10-18(20(22,23)24)27-28(17)15-5-3-4-12(8-15)11-25/h2-10H,1H2,(H,26,29). The lowest BCUT2D eigenvalue weighted by Gasteiger charge is -2.11. The van der Waals surface area contributed by atoms with Gasteiger partial charge in [-0.15, -0.1) is 0 Å². The summed E-state index contributed by atoms with van der Waals surface area (Å²) in [4.78, 5) is 12.8. The molecule has 3 aromatic rings. The van der Waals surface area contributed by atoms with Gasteiger partial charge in [-0.2, -0.15) is 23.5 Å². The van der Waals surface area contributed by atoms with Gasteiger partial charge in [-0.3, -0.25) is 4.79 Å². The number of hydrogen-bond donors (Lipinski definition) is 1. The molecule has 146 valence electrons. The summed E-state index contributed by atoms with van der Waals surface area (Å²) in [5, 5.41) is 15.2. The molecule has 0 saturated carbocycles. The van der Waals surface area contributed by atoms with Crippen LogP contribution in [0.15, 0.2) is 59.6 Å². The van der Waals surface area contributed by atoms with Gasteiger partial charge in [0.05, 0.1) is 17.3 Å². The summed E-state index contributed by atoms with van der Waals surface area (Å²) in [6.07, 6.45) is -3.23. The Bertz CT molecular complexity index is 1150. The van der Waals surface area contributed by atoms with E-state index in [0.717, 1.165) is 9.15 Å². The first-order valence-corrected chi connectivity index (χ1v) is 8.93. The quantitative estimate of drug-likeness (QED) is 0.564. The van der Waals surface area contributed by atoms with E-state index >= 15 is 0 Å². The van der Waals surface area contributed by atoms with Crippen molar-refractivity contribution in [1.29, 1.82) is 5.26 Å². The molecule has 5 nitrogen and oxygen atoms in total. The fourth-order valence-electron chi connectivity index (χ4n) is 2.59. The minimum absolute atomic E-state index is 0.157. The van der Waals surface area contributed by atoms with E-state index in [-0.39, 0.29) is 16.9 Å². The molecule has 0 saturated heterocycles. The number of benzene rings is 2. The van der Waals surface area contributed by atoms with Crippen LogP contribution < -0.4 is 5.32 Å². The summed E-state index contributed by atoms with van der Waals surface area (Å²) in [7, 11) is 0. The van der Waals surface area contributed by atoms with Gasteiger partial charge in [-0.25, -0.2) is 4.68 Å². The first-order valence-electron chi connectivity index (χ1n) is 8.14. The lowest BCUT2D eigenvalue weighted by atomic mass is 10.1. The number of alkyl halides is 3. The van der Waals surface area contributed by atoms with E-state index in [9.17, 15) is 18.0 Å². The number of carbonyl (C=O) groups is 1. The van der Waals surface area contributed by atoms with E-state index in [4.69, 9.17) is 5.26 Å². The number of nitriles is 1. The zero-order valence-electron chi connectivity index (χ0n) is 14.7.